The van der Waals surface area contributed by atoms with E-state index in [-0.39, 0.29) is 24.9 Å². The Hall–Kier alpha value is -1.20. The predicted octanol–water partition coefficient (Wildman–Crippen LogP) is 3.74. The van der Waals surface area contributed by atoms with Crippen molar-refractivity contribution in [1.82, 2.24) is 0 Å². The van der Waals surface area contributed by atoms with Crippen molar-refractivity contribution in [1.29, 1.82) is 0 Å². The standard InChI is InChI=1S/C20H34O5/c1-3-14-25-15-20(2,24)13-12-16-10-11-18(21)17(16)8-6-4-5-7-9-19(22)23/h12-13,16-17,24H,3-11,14-15H2,1-2H3,(H,22,23). The van der Waals surface area contributed by atoms with E-state index < -0.39 is 11.6 Å². The number of carboxylic acids is 1. The lowest BCUT2D eigenvalue weighted by molar-refractivity contribution is -0.137. The van der Waals surface area contributed by atoms with Crippen LogP contribution in [-0.2, 0) is 14.3 Å². The molecule has 1 aliphatic rings. The Bertz CT molecular complexity index is 441. The molecule has 1 fully saturated rings. The summed E-state index contributed by atoms with van der Waals surface area (Å²) in [5.74, 6) is -0.180. The number of aliphatic hydroxyl groups is 1. The molecule has 0 bridgehead atoms. The summed E-state index contributed by atoms with van der Waals surface area (Å²) in [5.41, 5.74) is -0.998. The lowest BCUT2D eigenvalue weighted by Crippen LogP contribution is -2.28. The van der Waals surface area contributed by atoms with Crippen molar-refractivity contribution >= 4 is 11.8 Å². The molecule has 3 unspecified atom stereocenters. The molecule has 0 aromatic rings. The van der Waals surface area contributed by atoms with Crippen LogP contribution in [0.25, 0.3) is 0 Å². The molecule has 1 rings (SSSR count). The zero-order valence-electron chi connectivity index (χ0n) is 15.7. The smallest absolute Gasteiger partial charge is 0.303 e. The van der Waals surface area contributed by atoms with Crippen molar-refractivity contribution in [2.75, 3.05) is 13.2 Å². The molecule has 5 nitrogen and oxygen atoms in total. The quantitative estimate of drug-likeness (QED) is 0.389. The maximum absolute atomic E-state index is 12.1. The fraction of sp³-hybridized carbons (Fsp3) is 0.800. The number of carbonyl (C=O) groups excluding carboxylic acids is 1. The number of aliphatic carboxylic acids is 1. The van der Waals surface area contributed by atoms with Gasteiger partial charge in [-0.25, -0.2) is 0 Å². The van der Waals surface area contributed by atoms with Gasteiger partial charge in [-0.2, -0.15) is 0 Å². The fourth-order valence-electron chi connectivity index (χ4n) is 3.34. The van der Waals surface area contributed by atoms with Crippen LogP contribution >= 0.6 is 0 Å². The number of hydrogen-bond acceptors (Lipinski definition) is 4. The highest BCUT2D eigenvalue weighted by atomic mass is 16.5. The number of Topliss-reactive ketones (excluding diaryl/α,β-unsaturated/α-hetero) is 1. The van der Waals surface area contributed by atoms with Gasteiger partial charge in [-0.05, 0) is 38.5 Å². The molecule has 0 aromatic heterocycles. The second-order valence-electron chi connectivity index (χ2n) is 7.39. The van der Waals surface area contributed by atoms with Gasteiger partial charge in [-0.3, -0.25) is 9.59 Å². The van der Waals surface area contributed by atoms with Crippen molar-refractivity contribution < 1.29 is 24.5 Å². The molecular formula is C20H34O5. The molecule has 1 saturated carbocycles. The van der Waals surface area contributed by atoms with E-state index in [4.69, 9.17) is 9.84 Å². The van der Waals surface area contributed by atoms with Crippen LogP contribution in [0.4, 0.5) is 0 Å². The third-order valence-electron chi connectivity index (χ3n) is 4.76. The zero-order chi connectivity index (χ0) is 18.7. The first-order valence-electron chi connectivity index (χ1n) is 9.59. The maximum Gasteiger partial charge on any atom is 0.303 e. The predicted molar refractivity (Wildman–Crippen MR) is 97.4 cm³/mol. The largest absolute Gasteiger partial charge is 0.481 e. The molecule has 2 N–H and O–H groups in total. The number of rotatable bonds is 13. The summed E-state index contributed by atoms with van der Waals surface area (Å²) in [6.45, 7) is 4.66. The number of ether oxygens (including phenoxy) is 1. The Morgan fingerprint density at radius 3 is 2.72 bits per heavy atom. The number of unbranched alkanes of at least 4 members (excludes halogenated alkanes) is 3. The fourth-order valence-corrected chi connectivity index (χ4v) is 3.34. The van der Waals surface area contributed by atoms with Gasteiger partial charge < -0.3 is 14.9 Å². The van der Waals surface area contributed by atoms with Crippen LogP contribution in [0.2, 0.25) is 0 Å². The first kappa shape index (κ1) is 21.8. The lowest BCUT2D eigenvalue weighted by atomic mass is 9.88. The summed E-state index contributed by atoms with van der Waals surface area (Å²) in [6.07, 6.45) is 10.8. The van der Waals surface area contributed by atoms with Gasteiger partial charge in [-0.1, -0.05) is 38.3 Å². The lowest BCUT2D eigenvalue weighted by Gasteiger charge is -2.21. The summed E-state index contributed by atoms with van der Waals surface area (Å²) in [5, 5.41) is 19.0. The minimum Gasteiger partial charge on any atom is -0.481 e. The second-order valence-corrected chi connectivity index (χ2v) is 7.39. The topological polar surface area (TPSA) is 83.8 Å². The molecule has 144 valence electrons. The Morgan fingerprint density at radius 2 is 2.04 bits per heavy atom. The van der Waals surface area contributed by atoms with E-state index in [9.17, 15) is 14.7 Å². The van der Waals surface area contributed by atoms with Crippen molar-refractivity contribution in [3.63, 3.8) is 0 Å². The van der Waals surface area contributed by atoms with Crippen LogP contribution < -0.4 is 0 Å². The zero-order valence-corrected chi connectivity index (χ0v) is 15.7. The van der Waals surface area contributed by atoms with Crippen molar-refractivity contribution in [2.45, 2.75) is 77.2 Å². The van der Waals surface area contributed by atoms with Crippen LogP contribution in [-0.4, -0.2) is 40.8 Å². The maximum atomic E-state index is 12.1. The van der Waals surface area contributed by atoms with E-state index in [1.54, 1.807) is 13.0 Å². The first-order chi connectivity index (χ1) is 11.9. The highest BCUT2D eigenvalue weighted by Crippen LogP contribution is 2.34. The third-order valence-corrected chi connectivity index (χ3v) is 4.76. The van der Waals surface area contributed by atoms with E-state index in [1.165, 1.54) is 0 Å². The first-order valence-corrected chi connectivity index (χ1v) is 9.59. The Balaban J connectivity index is 2.38. The summed E-state index contributed by atoms with van der Waals surface area (Å²) < 4.78 is 5.42. The van der Waals surface area contributed by atoms with Gasteiger partial charge in [-0.15, -0.1) is 0 Å². The highest BCUT2D eigenvalue weighted by Gasteiger charge is 2.32. The Labute approximate surface area is 151 Å². The van der Waals surface area contributed by atoms with Gasteiger partial charge in [0.25, 0.3) is 0 Å². The Morgan fingerprint density at radius 1 is 1.32 bits per heavy atom. The summed E-state index contributed by atoms with van der Waals surface area (Å²) in [6, 6.07) is 0. The van der Waals surface area contributed by atoms with Crippen molar-refractivity contribution in [2.24, 2.45) is 11.8 Å². The highest BCUT2D eigenvalue weighted by molar-refractivity contribution is 5.83. The normalized spacial score (nSPS) is 23.2. The molecule has 1 aliphatic carbocycles. The van der Waals surface area contributed by atoms with E-state index in [1.807, 2.05) is 13.0 Å². The molecule has 0 amide bonds. The van der Waals surface area contributed by atoms with E-state index in [0.29, 0.717) is 25.2 Å². The van der Waals surface area contributed by atoms with E-state index in [2.05, 4.69) is 0 Å². The van der Waals surface area contributed by atoms with Crippen LogP contribution in [0.15, 0.2) is 12.2 Å². The summed E-state index contributed by atoms with van der Waals surface area (Å²) in [4.78, 5) is 22.6. The molecule has 0 heterocycles. The van der Waals surface area contributed by atoms with Gasteiger partial charge in [0.2, 0.25) is 0 Å². The monoisotopic (exact) mass is 354 g/mol. The number of allylic oxidation sites excluding steroid dienone is 1. The van der Waals surface area contributed by atoms with Crippen LogP contribution in [0, 0.1) is 11.8 Å². The van der Waals surface area contributed by atoms with Gasteiger partial charge in [0.05, 0.1) is 6.61 Å². The minimum atomic E-state index is -0.998. The number of hydrogen-bond donors (Lipinski definition) is 2. The average molecular weight is 354 g/mol. The molecule has 5 heteroatoms. The van der Waals surface area contributed by atoms with Crippen molar-refractivity contribution in [3.8, 4) is 0 Å². The van der Waals surface area contributed by atoms with Gasteiger partial charge in [0, 0.05) is 25.4 Å². The Kier molecular flexibility index (Phi) is 9.98. The molecule has 0 spiro atoms. The molecule has 3 atom stereocenters. The van der Waals surface area contributed by atoms with Gasteiger partial charge in [0.15, 0.2) is 0 Å². The van der Waals surface area contributed by atoms with Gasteiger partial charge in [0.1, 0.15) is 11.4 Å². The number of carbonyl (C=O) groups is 2. The molecular weight excluding hydrogens is 320 g/mol. The minimum absolute atomic E-state index is 0.0445. The second kappa shape index (κ2) is 11.4. The van der Waals surface area contributed by atoms with Gasteiger partial charge >= 0.3 is 5.97 Å². The summed E-state index contributed by atoms with van der Waals surface area (Å²) >= 11 is 0. The third kappa shape index (κ3) is 9.17. The SMILES string of the molecule is CCCOCC(C)(O)C=CC1CCC(=O)C1CCCCCCC(=O)O. The van der Waals surface area contributed by atoms with Crippen LogP contribution in [0.1, 0.15) is 71.6 Å². The number of carboxylic acid groups (broad SMARTS) is 1. The average Bonchev–Trinajstić information content (AvgIpc) is 2.89. The molecule has 0 radical (unpaired) electrons. The van der Waals surface area contributed by atoms with E-state index in [0.717, 1.165) is 38.5 Å². The molecule has 25 heavy (non-hydrogen) atoms. The molecule has 0 aliphatic heterocycles. The number of ketones is 1. The van der Waals surface area contributed by atoms with Crippen LogP contribution in [0.3, 0.4) is 0 Å². The van der Waals surface area contributed by atoms with Crippen LogP contribution in [0.5, 0.6) is 0 Å². The molecule has 0 saturated heterocycles. The summed E-state index contributed by atoms with van der Waals surface area (Å²) in [7, 11) is 0. The van der Waals surface area contributed by atoms with E-state index >= 15 is 0 Å². The molecule has 0 aromatic carbocycles. The van der Waals surface area contributed by atoms with Crippen molar-refractivity contribution in [3.05, 3.63) is 12.2 Å².